The van der Waals surface area contributed by atoms with Crippen molar-refractivity contribution in [3.8, 4) is 0 Å². The summed E-state index contributed by atoms with van der Waals surface area (Å²) >= 11 is 0. The Morgan fingerprint density at radius 3 is 2.35 bits per heavy atom. The lowest BCUT2D eigenvalue weighted by Crippen LogP contribution is -2.40. The van der Waals surface area contributed by atoms with E-state index in [0.29, 0.717) is 13.0 Å². The Labute approximate surface area is 137 Å². The van der Waals surface area contributed by atoms with Crippen LogP contribution in [0.25, 0.3) is 0 Å². The molecule has 0 radical (unpaired) electrons. The van der Waals surface area contributed by atoms with Gasteiger partial charge in [-0.15, -0.1) is 0 Å². The number of amides is 2. The van der Waals surface area contributed by atoms with Crippen LogP contribution in [0, 0.1) is 0 Å². The molecule has 3 rings (SSSR count). The van der Waals surface area contributed by atoms with Gasteiger partial charge in [0.15, 0.2) is 0 Å². The van der Waals surface area contributed by atoms with E-state index in [0.717, 1.165) is 31.6 Å². The van der Waals surface area contributed by atoms with Gasteiger partial charge in [0.25, 0.3) is 0 Å². The number of likely N-dealkylation sites (tertiary alicyclic amines) is 1. The lowest BCUT2D eigenvalue weighted by molar-refractivity contribution is -0.136. The second kappa shape index (κ2) is 7.49. The van der Waals surface area contributed by atoms with Crippen molar-refractivity contribution in [2.75, 3.05) is 36.4 Å². The van der Waals surface area contributed by atoms with Crippen LogP contribution in [-0.2, 0) is 9.59 Å². The minimum Gasteiger partial charge on any atom is -0.372 e. The standard InChI is InChI=1S/C18H25N3O2/c22-17(14-21-13-5-2-6-18(21)23)19-15-7-9-16(10-8-15)20-11-3-1-4-12-20/h7-10H,1-6,11-14H2,(H,19,22). The molecule has 0 saturated carbocycles. The third-order valence-corrected chi connectivity index (χ3v) is 4.63. The zero-order valence-corrected chi connectivity index (χ0v) is 13.6. The second-order valence-corrected chi connectivity index (χ2v) is 6.42. The Kier molecular flexibility index (Phi) is 5.16. The monoisotopic (exact) mass is 315 g/mol. The highest BCUT2D eigenvalue weighted by molar-refractivity contribution is 5.94. The van der Waals surface area contributed by atoms with Crippen molar-refractivity contribution in [3.63, 3.8) is 0 Å². The Bertz CT molecular complexity index is 550. The summed E-state index contributed by atoms with van der Waals surface area (Å²) in [5, 5.41) is 2.89. The van der Waals surface area contributed by atoms with Crippen molar-refractivity contribution in [2.24, 2.45) is 0 Å². The molecule has 5 nitrogen and oxygen atoms in total. The van der Waals surface area contributed by atoms with Crippen LogP contribution in [0.15, 0.2) is 24.3 Å². The number of benzene rings is 1. The minimum absolute atomic E-state index is 0.0897. The van der Waals surface area contributed by atoms with Crippen molar-refractivity contribution in [1.29, 1.82) is 0 Å². The van der Waals surface area contributed by atoms with Gasteiger partial charge in [-0.25, -0.2) is 0 Å². The van der Waals surface area contributed by atoms with Gasteiger partial charge < -0.3 is 15.1 Å². The maximum absolute atomic E-state index is 12.1. The van der Waals surface area contributed by atoms with Crippen LogP contribution in [0.4, 0.5) is 11.4 Å². The van der Waals surface area contributed by atoms with Crippen LogP contribution in [0.2, 0.25) is 0 Å². The van der Waals surface area contributed by atoms with Gasteiger partial charge in [-0.2, -0.15) is 0 Å². The first-order valence-electron chi connectivity index (χ1n) is 8.65. The van der Waals surface area contributed by atoms with E-state index in [1.807, 2.05) is 12.1 Å². The summed E-state index contributed by atoms with van der Waals surface area (Å²) in [6.07, 6.45) is 6.32. The number of carbonyl (C=O) groups is 2. The molecule has 2 amide bonds. The highest BCUT2D eigenvalue weighted by atomic mass is 16.2. The van der Waals surface area contributed by atoms with Crippen LogP contribution in [0.1, 0.15) is 38.5 Å². The van der Waals surface area contributed by atoms with Crippen molar-refractivity contribution in [1.82, 2.24) is 4.90 Å². The molecule has 2 saturated heterocycles. The van der Waals surface area contributed by atoms with Crippen molar-refractivity contribution >= 4 is 23.2 Å². The molecule has 0 aromatic heterocycles. The molecule has 1 aromatic rings. The van der Waals surface area contributed by atoms with Gasteiger partial charge in [-0.1, -0.05) is 0 Å². The van der Waals surface area contributed by atoms with Gasteiger partial charge in [0.05, 0.1) is 6.54 Å². The number of anilines is 2. The van der Waals surface area contributed by atoms with Gasteiger partial charge in [0, 0.05) is 37.4 Å². The molecule has 1 N–H and O–H groups in total. The van der Waals surface area contributed by atoms with Crippen LogP contribution in [0.3, 0.4) is 0 Å². The third kappa shape index (κ3) is 4.24. The minimum atomic E-state index is -0.119. The predicted octanol–water partition coefficient (Wildman–Crippen LogP) is 2.63. The Morgan fingerprint density at radius 2 is 1.65 bits per heavy atom. The summed E-state index contributed by atoms with van der Waals surface area (Å²) < 4.78 is 0. The second-order valence-electron chi connectivity index (χ2n) is 6.42. The fourth-order valence-electron chi connectivity index (χ4n) is 3.31. The summed E-state index contributed by atoms with van der Waals surface area (Å²) in [5.41, 5.74) is 2.01. The highest BCUT2D eigenvalue weighted by Gasteiger charge is 2.20. The molecule has 0 spiro atoms. The summed E-state index contributed by atoms with van der Waals surface area (Å²) in [5.74, 6) is -0.0298. The molecule has 0 unspecified atom stereocenters. The van der Waals surface area contributed by atoms with Crippen LogP contribution in [-0.4, -0.2) is 42.9 Å². The van der Waals surface area contributed by atoms with Gasteiger partial charge in [0.1, 0.15) is 0 Å². The maximum atomic E-state index is 12.1. The molecular weight excluding hydrogens is 290 g/mol. The SMILES string of the molecule is O=C(CN1CCCCC1=O)Nc1ccc(N2CCCCC2)cc1. The van der Waals surface area contributed by atoms with E-state index in [1.165, 1.54) is 24.9 Å². The number of carbonyl (C=O) groups excluding carboxylic acids is 2. The molecule has 0 bridgehead atoms. The van der Waals surface area contributed by atoms with Crippen LogP contribution in [0.5, 0.6) is 0 Å². The number of piperidine rings is 2. The average molecular weight is 315 g/mol. The van der Waals surface area contributed by atoms with Gasteiger partial charge >= 0.3 is 0 Å². The van der Waals surface area contributed by atoms with E-state index in [4.69, 9.17) is 0 Å². The first kappa shape index (κ1) is 15.8. The average Bonchev–Trinajstić information content (AvgIpc) is 2.58. The van der Waals surface area contributed by atoms with Crippen LogP contribution >= 0.6 is 0 Å². The smallest absolute Gasteiger partial charge is 0.243 e. The number of nitrogens with one attached hydrogen (secondary N) is 1. The van der Waals surface area contributed by atoms with Gasteiger partial charge in [-0.05, 0) is 56.4 Å². The largest absolute Gasteiger partial charge is 0.372 e. The van der Waals surface area contributed by atoms with E-state index in [2.05, 4.69) is 22.3 Å². The van der Waals surface area contributed by atoms with Gasteiger partial charge in [0.2, 0.25) is 11.8 Å². The van der Waals surface area contributed by atoms with Crippen molar-refractivity contribution in [3.05, 3.63) is 24.3 Å². The molecule has 0 atom stereocenters. The van der Waals surface area contributed by atoms with E-state index < -0.39 is 0 Å². The summed E-state index contributed by atoms with van der Waals surface area (Å²) in [4.78, 5) is 27.9. The summed E-state index contributed by atoms with van der Waals surface area (Å²) in [6, 6.07) is 8.01. The van der Waals surface area contributed by atoms with Crippen LogP contribution < -0.4 is 10.2 Å². The molecule has 2 aliphatic heterocycles. The Morgan fingerprint density at radius 1 is 0.957 bits per heavy atom. The molecule has 2 aliphatic rings. The van der Waals surface area contributed by atoms with Gasteiger partial charge in [-0.3, -0.25) is 9.59 Å². The Balaban J connectivity index is 1.53. The topological polar surface area (TPSA) is 52.7 Å². The molecule has 23 heavy (non-hydrogen) atoms. The number of rotatable bonds is 4. The van der Waals surface area contributed by atoms with Crippen molar-refractivity contribution < 1.29 is 9.59 Å². The Hall–Kier alpha value is -2.04. The van der Waals surface area contributed by atoms with Crippen molar-refractivity contribution in [2.45, 2.75) is 38.5 Å². The first-order valence-corrected chi connectivity index (χ1v) is 8.65. The number of nitrogens with zero attached hydrogens (tertiary/aromatic N) is 2. The number of hydrogen-bond acceptors (Lipinski definition) is 3. The molecule has 5 heteroatoms. The molecule has 2 fully saturated rings. The van der Waals surface area contributed by atoms with E-state index >= 15 is 0 Å². The molecule has 1 aromatic carbocycles. The quantitative estimate of drug-likeness (QED) is 0.929. The zero-order chi connectivity index (χ0) is 16.1. The predicted molar refractivity (Wildman–Crippen MR) is 91.6 cm³/mol. The third-order valence-electron chi connectivity index (χ3n) is 4.63. The lowest BCUT2D eigenvalue weighted by Gasteiger charge is -2.29. The summed E-state index contributed by atoms with van der Waals surface area (Å²) in [7, 11) is 0. The summed E-state index contributed by atoms with van der Waals surface area (Å²) in [6.45, 7) is 3.08. The first-order chi connectivity index (χ1) is 11.2. The molecule has 0 aliphatic carbocycles. The molecule has 124 valence electrons. The van der Waals surface area contributed by atoms with E-state index in [1.54, 1.807) is 4.90 Å². The molecular formula is C18H25N3O2. The number of hydrogen-bond donors (Lipinski definition) is 1. The normalized spacial score (nSPS) is 18.9. The zero-order valence-electron chi connectivity index (χ0n) is 13.6. The fourth-order valence-corrected chi connectivity index (χ4v) is 3.31. The fraction of sp³-hybridized carbons (Fsp3) is 0.556. The van der Waals surface area contributed by atoms with E-state index in [9.17, 15) is 9.59 Å². The van der Waals surface area contributed by atoms with E-state index in [-0.39, 0.29) is 18.4 Å². The lowest BCUT2D eigenvalue weighted by atomic mass is 10.1. The maximum Gasteiger partial charge on any atom is 0.243 e. The highest BCUT2D eigenvalue weighted by Crippen LogP contribution is 2.21. The molecule has 2 heterocycles.